The second-order valence-electron chi connectivity index (χ2n) is 19.8. The number of pyridine rings is 2. The molecule has 4 heterocycles. The number of rotatable bonds is 20. The molecule has 16 nitrogen and oxygen atoms in total. The summed E-state index contributed by atoms with van der Waals surface area (Å²) in [4.78, 5) is 30.2. The summed E-state index contributed by atoms with van der Waals surface area (Å²) >= 11 is 0. The maximum atomic E-state index is 11.2. The molecule has 0 unspecified atom stereocenters. The van der Waals surface area contributed by atoms with Gasteiger partial charge in [0.05, 0.1) is 69.6 Å². The van der Waals surface area contributed by atoms with Crippen LogP contribution < -0.4 is 18.9 Å². The first-order valence-electron chi connectivity index (χ1n) is 27.5. The van der Waals surface area contributed by atoms with Crippen molar-refractivity contribution in [2.24, 2.45) is 0 Å². The number of nitro benzene ring substituents is 2. The van der Waals surface area contributed by atoms with E-state index in [-0.39, 0.29) is 11.4 Å². The van der Waals surface area contributed by atoms with Gasteiger partial charge in [-0.3, -0.25) is 30.2 Å². The quantitative estimate of drug-likeness (QED) is 0.0520. The Morgan fingerprint density at radius 3 is 1.36 bits per heavy atom. The highest BCUT2D eigenvalue weighted by atomic mass is 16.6. The predicted molar refractivity (Wildman–Crippen MR) is 338 cm³/mol. The highest BCUT2D eigenvalue weighted by molar-refractivity contribution is 5.78. The van der Waals surface area contributed by atoms with Crippen LogP contribution in [0.4, 0.5) is 11.4 Å². The Morgan fingerprint density at radius 1 is 0.477 bits per heavy atom. The van der Waals surface area contributed by atoms with E-state index in [1.54, 1.807) is 60.2 Å². The van der Waals surface area contributed by atoms with Crippen LogP contribution in [0, 0.1) is 20.2 Å². The lowest BCUT2D eigenvalue weighted by atomic mass is 10.1. The van der Waals surface area contributed by atoms with Crippen molar-refractivity contribution in [2.45, 2.75) is 26.1 Å². The lowest BCUT2D eigenvalue weighted by Crippen LogP contribution is -1.99. The molecule has 0 radical (unpaired) electrons. The molecule has 0 N–H and O–H groups in total. The highest BCUT2D eigenvalue weighted by Crippen LogP contribution is 2.31. The number of methoxy groups -OCH3 is 2. The summed E-state index contributed by atoms with van der Waals surface area (Å²) < 4.78 is 26.6. The molecule has 16 heteroatoms. The average molecular weight is 1140 g/mol. The van der Waals surface area contributed by atoms with E-state index in [1.807, 2.05) is 127 Å². The van der Waals surface area contributed by atoms with Crippen LogP contribution in [0.1, 0.15) is 78.7 Å². The monoisotopic (exact) mass is 1140 g/mol. The van der Waals surface area contributed by atoms with E-state index < -0.39 is 9.85 Å². The van der Waals surface area contributed by atoms with Gasteiger partial charge in [0.2, 0.25) is 0 Å². The van der Waals surface area contributed by atoms with Crippen LogP contribution in [0.5, 0.6) is 23.0 Å². The molecule has 0 atom stereocenters. The van der Waals surface area contributed by atoms with E-state index in [4.69, 9.17) is 29.1 Å². The van der Waals surface area contributed by atoms with Crippen LogP contribution in [0.25, 0.3) is 72.1 Å². The second kappa shape index (κ2) is 26.6. The fourth-order valence-electron chi connectivity index (χ4n) is 9.67. The first-order valence-corrected chi connectivity index (χ1v) is 27.5. The first kappa shape index (κ1) is 56.3. The molecule has 0 fully saturated rings. The fourth-order valence-corrected chi connectivity index (χ4v) is 9.67. The van der Waals surface area contributed by atoms with E-state index in [9.17, 15) is 20.2 Å². The Morgan fingerprint density at radius 2 is 0.919 bits per heavy atom. The Bertz CT molecular complexity index is 4260. The number of allylic oxidation sites excluding steroid dienone is 2. The van der Waals surface area contributed by atoms with Crippen LogP contribution >= 0.6 is 0 Å². The van der Waals surface area contributed by atoms with E-state index in [0.29, 0.717) is 47.6 Å². The molecule has 0 spiro atoms. The summed E-state index contributed by atoms with van der Waals surface area (Å²) in [6.07, 6.45) is 29.8. The normalized spacial score (nSPS) is 12.2. The van der Waals surface area contributed by atoms with Crippen molar-refractivity contribution in [3.63, 3.8) is 0 Å². The number of non-ortho nitro benzene ring substituents is 2. The van der Waals surface area contributed by atoms with Gasteiger partial charge in [0.25, 0.3) is 11.4 Å². The minimum atomic E-state index is -0.413. The van der Waals surface area contributed by atoms with Crippen molar-refractivity contribution in [3.8, 4) is 34.4 Å². The third-order valence-corrected chi connectivity index (χ3v) is 14.1. The molecule has 10 aromatic rings. The number of ether oxygens (including phenoxy) is 4. The SMILES string of the molecule is COc1cc(OCc2ccccn2)ccc1/C=C/c1cc(/C=C/c2ccc3c(c2)CC=C3)n(-c2ccc([N+](=O)[O-])cc2)n1.COc1cc(OCc2ccccn2)ccc1/C=C/c1cc(/C=C/c2ccc3c(c2)CC=C3)nn1-c1ccc([N+](=O)[O-])cc1. The predicted octanol–water partition coefficient (Wildman–Crippen LogP) is 15.3. The van der Waals surface area contributed by atoms with Crippen LogP contribution in [0.3, 0.4) is 0 Å². The fraction of sp³-hybridized carbons (Fsp3) is 0.0857. The van der Waals surface area contributed by atoms with Crippen molar-refractivity contribution >= 4 is 72.1 Å². The molecule has 2 aliphatic rings. The first-order chi connectivity index (χ1) is 42.1. The van der Waals surface area contributed by atoms with Gasteiger partial charge in [-0.2, -0.15) is 10.2 Å². The number of nitrogens with zero attached hydrogens (tertiary/aromatic N) is 8. The average Bonchev–Trinajstić information content (AvgIpc) is 3.80. The minimum absolute atomic E-state index is 0.0225. The molecule has 0 saturated heterocycles. The third kappa shape index (κ3) is 14.0. The molecule has 12 rings (SSSR count). The largest absolute Gasteiger partial charge is 0.496 e. The van der Waals surface area contributed by atoms with Crippen molar-refractivity contribution in [1.29, 1.82) is 0 Å². The molecule has 0 amide bonds. The molecular formula is C70H56N8O8. The zero-order valence-electron chi connectivity index (χ0n) is 46.9. The molecule has 424 valence electrons. The van der Waals surface area contributed by atoms with Gasteiger partial charge in [-0.25, -0.2) is 9.36 Å². The summed E-state index contributed by atoms with van der Waals surface area (Å²) in [6, 6.07) is 52.2. The van der Waals surface area contributed by atoms with Gasteiger partial charge in [0.1, 0.15) is 36.2 Å². The highest BCUT2D eigenvalue weighted by Gasteiger charge is 2.14. The van der Waals surface area contributed by atoms with Gasteiger partial charge in [-0.05, 0) is 168 Å². The number of hydrogen-bond donors (Lipinski definition) is 0. The van der Waals surface area contributed by atoms with Crippen molar-refractivity contribution < 1.29 is 28.8 Å². The Hall–Kier alpha value is -11.5. The zero-order chi connectivity index (χ0) is 59.2. The van der Waals surface area contributed by atoms with Crippen molar-refractivity contribution in [3.05, 3.63) is 293 Å². The van der Waals surface area contributed by atoms with Crippen LogP contribution in [-0.2, 0) is 26.1 Å². The molecule has 6 aromatic carbocycles. The van der Waals surface area contributed by atoms with Gasteiger partial charge in [0.15, 0.2) is 0 Å². The molecule has 4 aromatic heterocycles. The number of hydrogen-bond acceptors (Lipinski definition) is 12. The summed E-state index contributed by atoms with van der Waals surface area (Å²) in [6.45, 7) is 0.712. The Labute approximate surface area is 496 Å². The topological polar surface area (TPSA) is 185 Å². The minimum Gasteiger partial charge on any atom is -0.496 e. The lowest BCUT2D eigenvalue weighted by molar-refractivity contribution is -0.385. The van der Waals surface area contributed by atoms with Gasteiger partial charge >= 0.3 is 0 Å². The number of nitro groups is 2. The second-order valence-corrected chi connectivity index (χ2v) is 19.8. The molecule has 0 saturated carbocycles. The van der Waals surface area contributed by atoms with E-state index in [1.165, 1.54) is 46.5 Å². The number of fused-ring (bicyclic) bond motifs is 2. The van der Waals surface area contributed by atoms with E-state index in [2.05, 4.69) is 76.7 Å². The molecule has 0 bridgehead atoms. The molecule has 86 heavy (non-hydrogen) atoms. The van der Waals surface area contributed by atoms with Gasteiger partial charge in [-0.1, -0.05) is 85.0 Å². The lowest BCUT2D eigenvalue weighted by Gasteiger charge is -2.10. The Kier molecular flexibility index (Phi) is 17.4. The van der Waals surface area contributed by atoms with Gasteiger partial charge in [-0.15, -0.1) is 0 Å². The van der Waals surface area contributed by atoms with E-state index in [0.717, 1.165) is 69.3 Å². The van der Waals surface area contributed by atoms with E-state index >= 15 is 0 Å². The summed E-state index contributed by atoms with van der Waals surface area (Å²) in [5.74, 6) is 2.67. The standard InChI is InChI=1S/2C35H28N4O4/c1-42-35-23-34(43-24-30-7-2-3-20-36-30)19-12-27(35)11-13-29-22-33(14-9-25-8-10-26-5-4-6-28(26)21-25)38(37-29)31-15-17-32(18-16-31)39(40)41;1-42-35-23-34(43-24-30-7-2-3-20-36-30)19-12-27(35)11-14-33-22-29(13-9-25-8-10-26-5-4-6-28(26)21-25)37-38(33)31-15-17-32(18-16-31)39(40)41/h2*2-5,7-23H,6,24H2,1H3/b13-11+,14-9+;13-9+,14-11+. The van der Waals surface area contributed by atoms with Crippen LogP contribution in [-0.4, -0.2) is 53.6 Å². The molecule has 2 aliphatic carbocycles. The molecule has 0 aliphatic heterocycles. The summed E-state index contributed by atoms with van der Waals surface area (Å²) in [7, 11) is 3.24. The maximum absolute atomic E-state index is 11.2. The third-order valence-electron chi connectivity index (χ3n) is 14.1. The number of benzene rings is 6. The van der Waals surface area contributed by atoms with Crippen molar-refractivity contribution in [2.75, 3.05) is 14.2 Å². The summed E-state index contributed by atoms with van der Waals surface area (Å²) in [5, 5.41) is 32.0. The van der Waals surface area contributed by atoms with Crippen molar-refractivity contribution in [1.82, 2.24) is 29.5 Å². The van der Waals surface area contributed by atoms with Gasteiger partial charge < -0.3 is 18.9 Å². The summed E-state index contributed by atoms with van der Waals surface area (Å²) in [5.41, 5.74) is 15.3. The zero-order valence-corrected chi connectivity index (χ0v) is 46.9. The van der Waals surface area contributed by atoms with Gasteiger partial charge in [0, 0.05) is 59.9 Å². The smallest absolute Gasteiger partial charge is 0.269 e. The maximum Gasteiger partial charge on any atom is 0.269 e. The number of aromatic nitrogens is 6. The van der Waals surface area contributed by atoms with Crippen LogP contribution in [0.15, 0.2) is 194 Å². The molecular weight excluding hydrogens is 1080 g/mol. The van der Waals surface area contributed by atoms with Crippen LogP contribution in [0.2, 0.25) is 0 Å². The Balaban J connectivity index is 0.000000179.